The van der Waals surface area contributed by atoms with Gasteiger partial charge in [0.2, 0.25) is 0 Å². The normalized spacial score (nSPS) is 21.8. The van der Waals surface area contributed by atoms with Crippen molar-refractivity contribution in [2.45, 2.75) is 38.9 Å². The monoisotopic (exact) mass is 266 g/mol. The third kappa shape index (κ3) is 2.87. The second-order valence-electron chi connectivity index (χ2n) is 5.65. The van der Waals surface area contributed by atoms with Crippen molar-refractivity contribution < 1.29 is 18.1 Å². The molecule has 1 fully saturated rings. The van der Waals surface area contributed by atoms with Crippen LogP contribution in [0.5, 0.6) is 0 Å². The third-order valence-corrected chi connectivity index (χ3v) is 3.67. The molecule has 0 radical (unpaired) electrons. The first kappa shape index (κ1) is 14.2. The summed E-state index contributed by atoms with van der Waals surface area (Å²) in [5, 5.41) is 0. The molecular weight excluding hydrogens is 249 g/mol. The second kappa shape index (κ2) is 4.73. The van der Waals surface area contributed by atoms with Crippen LogP contribution in [0.25, 0.3) is 5.83 Å². The summed E-state index contributed by atoms with van der Waals surface area (Å²) in [6.07, 6.45) is 0. The Labute approximate surface area is 112 Å². The summed E-state index contributed by atoms with van der Waals surface area (Å²) in [6, 6.07) is 5.19. The van der Waals surface area contributed by atoms with E-state index in [1.807, 2.05) is 27.7 Å². The van der Waals surface area contributed by atoms with Crippen LogP contribution in [0.1, 0.15) is 33.3 Å². The topological polar surface area (TPSA) is 18.5 Å². The third-order valence-electron chi connectivity index (χ3n) is 3.67. The van der Waals surface area contributed by atoms with E-state index < -0.39 is 30.0 Å². The Morgan fingerprint density at radius 3 is 2.00 bits per heavy atom. The fraction of sp³-hybridized carbons (Fsp3) is 0.429. The summed E-state index contributed by atoms with van der Waals surface area (Å²) < 4.78 is 38.1. The van der Waals surface area contributed by atoms with E-state index in [-0.39, 0.29) is 0 Å². The molecule has 0 atom stereocenters. The van der Waals surface area contributed by atoms with Gasteiger partial charge in [0.15, 0.2) is 0 Å². The minimum absolute atomic E-state index is 0.302. The Hall–Kier alpha value is -1.20. The zero-order valence-electron chi connectivity index (χ0n) is 11.5. The first-order valence-electron chi connectivity index (χ1n) is 6.20. The van der Waals surface area contributed by atoms with Gasteiger partial charge in [-0.1, -0.05) is 0 Å². The lowest BCUT2D eigenvalue weighted by atomic mass is 9.88. The Kier molecular flexibility index (Phi) is 3.54. The average Bonchev–Trinajstić information content (AvgIpc) is 2.47. The van der Waals surface area contributed by atoms with E-state index in [0.29, 0.717) is 5.56 Å². The summed E-state index contributed by atoms with van der Waals surface area (Å²) >= 11 is 0. The van der Waals surface area contributed by atoms with Crippen LogP contribution in [0.15, 0.2) is 30.2 Å². The largest absolute Gasteiger partial charge is 0.490 e. The molecule has 5 heteroatoms. The van der Waals surface area contributed by atoms with Crippen LogP contribution in [0, 0.1) is 5.82 Å². The molecule has 1 heterocycles. The van der Waals surface area contributed by atoms with Gasteiger partial charge in [-0.05, 0) is 57.9 Å². The maximum Gasteiger partial charge on any atom is 0.490 e. The van der Waals surface area contributed by atoms with Crippen LogP contribution in [0.2, 0.25) is 0 Å². The molecule has 2 rings (SSSR count). The molecule has 0 N–H and O–H groups in total. The maximum atomic E-state index is 14.0. The second-order valence-corrected chi connectivity index (χ2v) is 5.65. The highest BCUT2D eigenvalue weighted by molar-refractivity contribution is 6.53. The lowest BCUT2D eigenvalue weighted by Gasteiger charge is -2.32. The molecule has 0 saturated carbocycles. The molecule has 0 aromatic heterocycles. The lowest BCUT2D eigenvalue weighted by molar-refractivity contribution is 0.00578. The minimum Gasteiger partial charge on any atom is -0.400 e. The molecule has 2 nitrogen and oxygen atoms in total. The molecular formula is C14H17BF2O2. The Morgan fingerprint density at radius 1 is 1.05 bits per heavy atom. The predicted octanol–water partition coefficient (Wildman–Crippen LogP) is 3.77. The van der Waals surface area contributed by atoms with Crippen LogP contribution in [-0.2, 0) is 9.31 Å². The van der Waals surface area contributed by atoms with Crippen molar-refractivity contribution in [3.63, 3.8) is 0 Å². The Balaban J connectivity index is 2.17. The van der Waals surface area contributed by atoms with Gasteiger partial charge >= 0.3 is 7.12 Å². The van der Waals surface area contributed by atoms with Crippen molar-refractivity contribution in [2.24, 2.45) is 0 Å². The standard InChI is InChI=1S/C14H17BF2O2/c1-13(2)14(3,4)19-15(18-13)9-12(17)10-5-7-11(16)8-6-10/h5-9H,1-4H3/b12-9-. The molecule has 1 aromatic rings. The Morgan fingerprint density at radius 2 is 1.53 bits per heavy atom. The van der Waals surface area contributed by atoms with E-state index in [4.69, 9.17) is 9.31 Å². The summed E-state index contributed by atoms with van der Waals surface area (Å²) in [5.74, 6) is 0.384. The molecule has 0 amide bonds. The van der Waals surface area contributed by atoms with Crippen molar-refractivity contribution in [1.29, 1.82) is 0 Å². The van der Waals surface area contributed by atoms with Crippen LogP contribution in [0.4, 0.5) is 8.78 Å². The van der Waals surface area contributed by atoms with Gasteiger partial charge in [0.25, 0.3) is 0 Å². The van der Waals surface area contributed by atoms with Crippen molar-refractivity contribution in [2.75, 3.05) is 0 Å². The number of hydrogen-bond donors (Lipinski definition) is 0. The number of rotatable bonds is 2. The summed E-state index contributed by atoms with van der Waals surface area (Å²) in [4.78, 5) is 0. The Bertz CT molecular complexity index is 479. The average molecular weight is 266 g/mol. The lowest BCUT2D eigenvalue weighted by Crippen LogP contribution is -2.41. The summed E-state index contributed by atoms with van der Waals surface area (Å²) in [5.41, 5.74) is -0.704. The smallest absolute Gasteiger partial charge is 0.400 e. The van der Waals surface area contributed by atoms with Gasteiger partial charge in [0.05, 0.1) is 11.2 Å². The fourth-order valence-electron chi connectivity index (χ4n) is 1.78. The first-order valence-corrected chi connectivity index (χ1v) is 6.20. The zero-order chi connectivity index (χ0) is 14.3. The molecule has 0 bridgehead atoms. The van der Waals surface area contributed by atoms with Gasteiger partial charge < -0.3 is 9.31 Å². The first-order chi connectivity index (χ1) is 8.71. The van der Waals surface area contributed by atoms with Crippen molar-refractivity contribution in [1.82, 2.24) is 0 Å². The van der Waals surface area contributed by atoms with E-state index in [1.54, 1.807) is 0 Å². The summed E-state index contributed by atoms with van der Waals surface area (Å²) in [7, 11) is -0.741. The van der Waals surface area contributed by atoms with E-state index in [2.05, 4.69) is 0 Å². The molecule has 1 aliphatic rings. The van der Waals surface area contributed by atoms with Gasteiger partial charge in [0.1, 0.15) is 11.6 Å². The van der Waals surface area contributed by atoms with Gasteiger partial charge in [-0.15, -0.1) is 0 Å². The van der Waals surface area contributed by atoms with Gasteiger partial charge in [-0.2, -0.15) is 0 Å². The number of halogens is 2. The number of benzene rings is 1. The maximum absolute atomic E-state index is 14.0. The highest BCUT2D eigenvalue weighted by Gasteiger charge is 2.50. The molecule has 1 aromatic carbocycles. The van der Waals surface area contributed by atoms with Crippen molar-refractivity contribution >= 4 is 12.9 Å². The molecule has 0 aliphatic carbocycles. The SMILES string of the molecule is CC1(C)OB(/C=C(\F)c2ccc(F)cc2)OC1(C)C. The molecule has 19 heavy (non-hydrogen) atoms. The van der Waals surface area contributed by atoms with Gasteiger partial charge in [-0.3, -0.25) is 0 Å². The zero-order valence-corrected chi connectivity index (χ0v) is 11.5. The van der Waals surface area contributed by atoms with Crippen LogP contribution >= 0.6 is 0 Å². The molecule has 0 unspecified atom stereocenters. The molecule has 1 aliphatic heterocycles. The van der Waals surface area contributed by atoms with E-state index in [0.717, 1.165) is 0 Å². The van der Waals surface area contributed by atoms with Gasteiger partial charge in [0, 0.05) is 5.56 Å². The molecule has 1 saturated heterocycles. The van der Waals surface area contributed by atoms with E-state index in [1.165, 1.54) is 30.2 Å². The molecule has 102 valence electrons. The minimum atomic E-state index is -0.741. The van der Waals surface area contributed by atoms with Crippen LogP contribution in [-0.4, -0.2) is 18.3 Å². The van der Waals surface area contributed by atoms with Crippen LogP contribution in [0.3, 0.4) is 0 Å². The van der Waals surface area contributed by atoms with Crippen LogP contribution < -0.4 is 0 Å². The van der Waals surface area contributed by atoms with E-state index >= 15 is 0 Å². The highest BCUT2D eigenvalue weighted by atomic mass is 19.1. The van der Waals surface area contributed by atoms with Crippen molar-refractivity contribution in [3.8, 4) is 0 Å². The number of hydrogen-bond acceptors (Lipinski definition) is 2. The molecule has 0 spiro atoms. The van der Waals surface area contributed by atoms with Gasteiger partial charge in [-0.25, -0.2) is 8.78 Å². The predicted molar refractivity (Wildman–Crippen MR) is 71.6 cm³/mol. The van der Waals surface area contributed by atoms with Crippen molar-refractivity contribution in [3.05, 3.63) is 41.6 Å². The summed E-state index contributed by atoms with van der Waals surface area (Å²) in [6.45, 7) is 7.60. The fourth-order valence-corrected chi connectivity index (χ4v) is 1.78. The highest BCUT2D eigenvalue weighted by Crippen LogP contribution is 2.37. The van der Waals surface area contributed by atoms with E-state index in [9.17, 15) is 8.78 Å². The quantitative estimate of drug-likeness (QED) is 0.758.